The van der Waals surface area contributed by atoms with Gasteiger partial charge in [-0.2, -0.15) is 0 Å². The average Bonchev–Trinajstić information content (AvgIpc) is 3.34. The molecule has 4 aliphatic carbocycles. The Kier molecular flexibility index (Phi) is 6.36. The van der Waals surface area contributed by atoms with Crippen LogP contribution in [0.5, 0.6) is 0 Å². The standard InChI is InChI=1S/C27H43N3O3/c1-26-12-9-19(29-32-14-11-20-16-28-25(33-20)17-30(3)4)15-18(26)5-6-21-22-7-8-24(31)27(22,2)13-10-23(21)26/h16,18,21-24,31H,5-15,17H2,1-4H3/t18?,21?,22?,23-,24?,26?,27?/m0/s1. The Hall–Kier alpha value is -1.40. The van der Waals surface area contributed by atoms with E-state index in [-0.39, 0.29) is 11.5 Å². The molecule has 0 amide bonds. The molecule has 4 saturated carbocycles. The van der Waals surface area contributed by atoms with Crippen molar-refractivity contribution in [3.05, 3.63) is 17.8 Å². The molecule has 1 N–H and O–H groups in total. The summed E-state index contributed by atoms with van der Waals surface area (Å²) in [6, 6.07) is 0. The molecule has 7 atom stereocenters. The molecule has 4 fully saturated rings. The molecule has 0 saturated heterocycles. The highest BCUT2D eigenvalue weighted by molar-refractivity contribution is 5.85. The van der Waals surface area contributed by atoms with Crippen molar-refractivity contribution in [3.63, 3.8) is 0 Å². The number of oxime groups is 1. The van der Waals surface area contributed by atoms with E-state index in [4.69, 9.17) is 9.25 Å². The molecular formula is C27H43N3O3. The van der Waals surface area contributed by atoms with Crippen LogP contribution in [0, 0.1) is 34.5 Å². The number of hydrogen-bond acceptors (Lipinski definition) is 6. The van der Waals surface area contributed by atoms with Crippen LogP contribution >= 0.6 is 0 Å². The summed E-state index contributed by atoms with van der Waals surface area (Å²) >= 11 is 0. The van der Waals surface area contributed by atoms with E-state index in [1.54, 1.807) is 6.20 Å². The monoisotopic (exact) mass is 457 g/mol. The van der Waals surface area contributed by atoms with Crippen LogP contribution in [0.15, 0.2) is 15.8 Å². The molecule has 1 aromatic rings. The second kappa shape index (κ2) is 8.99. The SMILES string of the molecule is CN(C)Cc1ncc(CCON=C2CCC3(C)C(CCC4C5CCC(O)C5(C)CC[C@@H]43)C2)o1. The van der Waals surface area contributed by atoms with E-state index in [1.165, 1.54) is 44.2 Å². The molecule has 6 heteroatoms. The Morgan fingerprint density at radius 2 is 1.94 bits per heavy atom. The van der Waals surface area contributed by atoms with Crippen molar-refractivity contribution in [3.8, 4) is 0 Å². The molecule has 5 rings (SSSR count). The highest BCUT2D eigenvalue weighted by Crippen LogP contribution is 2.65. The van der Waals surface area contributed by atoms with Crippen LogP contribution in [0.2, 0.25) is 0 Å². The number of aliphatic hydroxyl groups excluding tert-OH is 1. The first-order chi connectivity index (χ1) is 15.8. The van der Waals surface area contributed by atoms with E-state index < -0.39 is 0 Å². The summed E-state index contributed by atoms with van der Waals surface area (Å²) in [4.78, 5) is 12.1. The van der Waals surface area contributed by atoms with Crippen molar-refractivity contribution in [1.82, 2.24) is 9.88 Å². The maximum atomic E-state index is 10.7. The van der Waals surface area contributed by atoms with Crippen molar-refractivity contribution in [2.75, 3.05) is 20.7 Å². The van der Waals surface area contributed by atoms with Gasteiger partial charge in [-0.3, -0.25) is 0 Å². The molecule has 6 unspecified atom stereocenters. The summed E-state index contributed by atoms with van der Waals surface area (Å²) in [6.45, 7) is 6.21. The summed E-state index contributed by atoms with van der Waals surface area (Å²) in [5.74, 6) is 4.72. The highest BCUT2D eigenvalue weighted by Gasteiger charge is 2.59. The van der Waals surface area contributed by atoms with E-state index >= 15 is 0 Å². The molecule has 4 aliphatic rings. The van der Waals surface area contributed by atoms with Crippen LogP contribution in [0.25, 0.3) is 0 Å². The minimum Gasteiger partial charge on any atom is -0.444 e. The minimum absolute atomic E-state index is 0.0762. The third-order valence-electron chi connectivity index (χ3n) is 10.1. The van der Waals surface area contributed by atoms with Crippen LogP contribution in [-0.4, -0.2) is 47.5 Å². The predicted octanol–water partition coefficient (Wildman–Crippen LogP) is 5.05. The molecule has 33 heavy (non-hydrogen) atoms. The summed E-state index contributed by atoms with van der Waals surface area (Å²) in [5, 5.41) is 15.2. The quantitative estimate of drug-likeness (QED) is 0.478. The number of rotatable bonds is 6. The van der Waals surface area contributed by atoms with Gasteiger partial charge in [-0.1, -0.05) is 19.0 Å². The molecule has 0 spiro atoms. The van der Waals surface area contributed by atoms with Gasteiger partial charge < -0.3 is 19.3 Å². The van der Waals surface area contributed by atoms with Crippen LogP contribution in [0.3, 0.4) is 0 Å². The van der Waals surface area contributed by atoms with Gasteiger partial charge in [-0.25, -0.2) is 4.98 Å². The Labute approximate surface area is 199 Å². The van der Waals surface area contributed by atoms with Crippen molar-refractivity contribution in [2.45, 2.75) is 90.7 Å². The maximum absolute atomic E-state index is 10.7. The fourth-order valence-electron chi connectivity index (χ4n) is 8.21. The van der Waals surface area contributed by atoms with E-state index in [0.29, 0.717) is 25.0 Å². The third-order valence-corrected chi connectivity index (χ3v) is 10.1. The molecule has 1 heterocycles. The summed E-state index contributed by atoms with van der Waals surface area (Å²) in [5.41, 5.74) is 1.86. The third kappa shape index (κ3) is 4.27. The van der Waals surface area contributed by atoms with Crippen LogP contribution < -0.4 is 0 Å². The largest absolute Gasteiger partial charge is 0.444 e. The first kappa shape index (κ1) is 23.3. The lowest BCUT2D eigenvalue weighted by Gasteiger charge is -2.60. The van der Waals surface area contributed by atoms with Gasteiger partial charge in [0.05, 0.1) is 24.6 Å². The van der Waals surface area contributed by atoms with Crippen LogP contribution in [0.1, 0.15) is 83.3 Å². The van der Waals surface area contributed by atoms with Gasteiger partial charge in [0.25, 0.3) is 0 Å². The van der Waals surface area contributed by atoms with Crippen molar-refractivity contribution >= 4 is 5.71 Å². The first-order valence-electron chi connectivity index (χ1n) is 13.2. The van der Waals surface area contributed by atoms with Crippen molar-refractivity contribution < 1.29 is 14.4 Å². The van der Waals surface area contributed by atoms with Gasteiger partial charge >= 0.3 is 0 Å². The van der Waals surface area contributed by atoms with Gasteiger partial charge in [0.1, 0.15) is 12.4 Å². The number of oxazole rings is 1. The summed E-state index contributed by atoms with van der Waals surface area (Å²) in [6.07, 6.45) is 13.3. The highest BCUT2D eigenvalue weighted by atomic mass is 16.6. The fraction of sp³-hybridized carbons (Fsp3) is 0.852. The zero-order valence-electron chi connectivity index (χ0n) is 21.1. The molecule has 0 aliphatic heterocycles. The second-order valence-corrected chi connectivity index (χ2v) is 12.2. The Bertz CT molecular complexity index is 867. The first-order valence-corrected chi connectivity index (χ1v) is 13.2. The van der Waals surface area contributed by atoms with Gasteiger partial charge in [-0.15, -0.1) is 0 Å². The van der Waals surface area contributed by atoms with Gasteiger partial charge in [-0.05, 0) is 106 Å². The lowest BCUT2D eigenvalue weighted by Crippen LogP contribution is -2.54. The summed E-state index contributed by atoms with van der Waals surface area (Å²) < 4.78 is 5.77. The average molecular weight is 458 g/mol. The lowest BCUT2D eigenvalue weighted by molar-refractivity contribution is -0.112. The van der Waals surface area contributed by atoms with Crippen LogP contribution in [-0.2, 0) is 17.8 Å². The molecule has 0 bridgehead atoms. The summed E-state index contributed by atoms with van der Waals surface area (Å²) in [7, 11) is 4.02. The zero-order valence-corrected chi connectivity index (χ0v) is 21.1. The Balaban J connectivity index is 1.15. The minimum atomic E-state index is -0.0762. The van der Waals surface area contributed by atoms with Gasteiger partial charge in [0, 0.05) is 6.42 Å². The van der Waals surface area contributed by atoms with E-state index in [9.17, 15) is 5.11 Å². The molecular weight excluding hydrogens is 414 g/mol. The van der Waals surface area contributed by atoms with Crippen molar-refractivity contribution in [2.24, 2.45) is 39.7 Å². The predicted molar refractivity (Wildman–Crippen MR) is 129 cm³/mol. The number of aliphatic hydroxyl groups is 1. The number of fused-ring (bicyclic) bond motifs is 5. The van der Waals surface area contributed by atoms with Gasteiger partial charge in [0.15, 0.2) is 0 Å². The molecule has 1 aromatic heterocycles. The smallest absolute Gasteiger partial charge is 0.208 e. The second-order valence-electron chi connectivity index (χ2n) is 12.2. The fourth-order valence-corrected chi connectivity index (χ4v) is 8.21. The normalized spacial score (nSPS) is 41.6. The maximum Gasteiger partial charge on any atom is 0.208 e. The number of hydrogen-bond donors (Lipinski definition) is 1. The Morgan fingerprint density at radius 3 is 2.76 bits per heavy atom. The van der Waals surface area contributed by atoms with Crippen LogP contribution in [0.4, 0.5) is 0 Å². The van der Waals surface area contributed by atoms with E-state index in [0.717, 1.165) is 54.6 Å². The number of nitrogens with zero attached hydrogens (tertiary/aromatic N) is 3. The van der Waals surface area contributed by atoms with E-state index in [2.05, 4.69) is 24.0 Å². The molecule has 184 valence electrons. The molecule has 0 radical (unpaired) electrons. The molecule has 0 aromatic carbocycles. The Morgan fingerprint density at radius 1 is 1.12 bits per heavy atom. The molecule has 6 nitrogen and oxygen atoms in total. The lowest BCUT2D eigenvalue weighted by atomic mass is 9.45. The zero-order chi connectivity index (χ0) is 23.2. The topological polar surface area (TPSA) is 71.1 Å². The van der Waals surface area contributed by atoms with E-state index in [1.807, 2.05) is 19.0 Å². The van der Waals surface area contributed by atoms with Crippen molar-refractivity contribution in [1.29, 1.82) is 0 Å². The number of aromatic nitrogens is 1. The van der Waals surface area contributed by atoms with Gasteiger partial charge in [0.2, 0.25) is 5.89 Å².